The molecule has 21 heavy (non-hydrogen) atoms. The molecular weight excluding hydrogens is 272 g/mol. The molecule has 2 unspecified atom stereocenters. The van der Waals surface area contributed by atoms with Crippen molar-refractivity contribution in [2.75, 3.05) is 0 Å². The molecular formula is C19H30OSi. The molecule has 0 aliphatic carbocycles. The second-order valence-corrected chi connectivity index (χ2v) is 12.2. The summed E-state index contributed by atoms with van der Waals surface area (Å²) >= 11 is 0. The molecule has 1 aromatic rings. The van der Waals surface area contributed by atoms with E-state index in [2.05, 4.69) is 62.7 Å². The fraction of sp³-hybridized carbons (Fsp3) is 0.579. The van der Waals surface area contributed by atoms with E-state index in [4.69, 9.17) is 0 Å². The first kappa shape index (κ1) is 18.0. The lowest BCUT2D eigenvalue weighted by atomic mass is 10.1. The van der Waals surface area contributed by atoms with Crippen molar-refractivity contribution in [2.24, 2.45) is 0 Å². The van der Waals surface area contributed by atoms with Crippen LogP contribution in [-0.4, -0.2) is 19.3 Å². The van der Waals surface area contributed by atoms with Crippen molar-refractivity contribution < 1.29 is 5.11 Å². The van der Waals surface area contributed by atoms with E-state index in [0.717, 1.165) is 12.8 Å². The summed E-state index contributed by atoms with van der Waals surface area (Å²) in [5.74, 6) is 6.48. The van der Waals surface area contributed by atoms with E-state index in [1.54, 1.807) is 0 Å². The van der Waals surface area contributed by atoms with Crippen LogP contribution in [0.3, 0.4) is 0 Å². The van der Waals surface area contributed by atoms with Crippen LogP contribution in [0.25, 0.3) is 0 Å². The van der Waals surface area contributed by atoms with Crippen molar-refractivity contribution in [3.8, 4) is 11.8 Å². The van der Waals surface area contributed by atoms with Gasteiger partial charge >= 0.3 is 0 Å². The van der Waals surface area contributed by atoms with Crippen molar-refractivity contribution in [3.05, 3.63) is 35.9 Å². The second-order valence-electron chi connectivity index (χ2n) is 6.86. The van der Waals surface area contributed by atoms with Crippen LogP contribution in [-0.2, 0) is 0 Å². The number of hydrogen-bond acceptors (Lipinski definition) is 1. The van der Waals surface area contributed by atoms with E-state index in [9.17, 15) is 5.11 Å². The van der Waals surface area contributed by atoms with E-state index in [0.29, 0.717) is 5.54 Å². The smallest absolute Gasteiger partial charge is 0.114 e. The summed E-state index contributed by atoms with van der Waals surface area (Å²) in [4.78, 5) is 0. The summed E-state index contributed by atoms with van der Waals surface area (Å²) in [6, 6.07) is 10.5. The Kier molecular flexibility index (Phi) is 7.78. The molecule has 0 saturated carbocycles. The molecule has 0 saturated heterocycles. The van der Waals surface area contributed by atoms with Gasteiger partial charge in [0.25, 0.3) is 0 Å². The fourth-order valence-electron chi connectivity index (χ4n) is 2.46. The first-order chi connectivity index (χ1) is 9.95. The van der Waals surface area contributed by atoms with Crippen LogP contribution in [0.5, 0.6) is 0 Å². The van der Waals surface area contributed by atoms with Crippen molar-refractivity contribution in [1.82, 2.24) is 0 Å². The second kappa shape index (κ2) is 9.07. The molecule has 0 amide bonds. The topological polar surface area (TPSA) is 20.2 Å². The quantitative estimate of drug-likeness (QED) is 0.428. The predicted octanol–water partition coefficient (Wildman–Crippen LogP) is 4.98. The maximum atomic E-state index is 10.1. The average molecular weight is 303 g/mol. The zero-order valence-corrected chi connectivity index (χ0v) is 15.0. The molecule has 0 fully saturated rings. The molecule has 2 heteroatoms. The Morgan fingerprint density at radius 1 is 1.00 bits per heavy atom. The number of hydrogen-bond donors (Lipinski definition) is 1. The largest absolute Gasteiger partial charge is 0.380 e. The molecule has 116 valence electrons. The number of rotatable bonds is 7. The van der Waals surface area contributed by atoms with Gasteiger partial charge in [0.05, 0.1) is 8.07 Å². The number of unbranched alkanes of at least 4 members (excludes halogenated alkanes) is 3. The summed E-state index contributed by atoms with van der Waals surface area (Å²) in [7, 11) is -1.42. The Morgan fingerprint density at radius 2 is 1.67 bits per heavy atom. The van der Waals surface area contributed by atoms with Gasteiger partial charge in [0.2, 0.25) is 0 Å². The van der Waals surface area contributed by atoms with Gasteiger partial charge in [-0.05, 0) is 18.4 Å². The van der Waals surface area contributed by atoms with Crippen LogP contribution < -0.4 is 0 Å². The summed E-state index contributed by atoms with van der Waals surface area (Å²) in [5, 5.41) is 10.1. The standard InChI is InChI=1S/C19H30OSi/c1-5-6-7-11-14-18(20)15-16-19(21(2,3)4)17-12-9-8-10-13-17/h8-10,12-13,18-20H,5-7,11,14H2,1-4H3. The van der Waals surface area contributed by atoms with E-state index >= 15 is 0 Å². The van der Waals surface area contributed by atoms with Crippen molar-refractivity contribution in [1.29, 1.82) is 0 Å². The van der Waals surface area contributed by atoms with Crippen LogP contribution in [0, 0.1) is 11.8 Å². The Bertz CT molecular complexity index is 450. The molecule has 1 nitrogen and oxygen atoms in total. The summed E-state index contributed by atoms with van der Waals surface area (Å²) in [6.45, 7) is 9.22. The Morgan fingerprint density at radius 3 is 2.24 bits per heavy atom. The number of aliphatic hydroxyl groups is 1. The first-order valence-corrected chi connectivity index (χ1v) is 11.8. The highest BCUT2D eigenvalue weighted by Crippen LogP contribution is 2.26. The van der Waals surface area contributed by atoms with Gasteiger partial charge in [-0.2, -0.15) is 0 Å². The van der Waals surface area contributed by atoms with E-state index in [-0.39, 0.29) is 0 Å². The van der Waals surface area contributed by atoms with Crippen LogP contribution in [0.2, 0.25) is 19.6 Å². The van der Waals surface area contributed by atoms with Gasteiger partial charge in [-0.1, -0.05) is 88.0 Å². The predicted molar refractivity (Wildman–Crippen MR) is 95.1 cm³/mol. The van der Waals surface area contributed by atoms with Crippen LogP contribution in [0.1, 0.15) is 50.1 Å². The van der Waals surface area contributed by atoms with Gasteiger partial charge in [-0.25, -0.2) is 0 Å². The van der Waals surface area contributed by atoms with Crippen LogP contribution in [0.15, 0.2) is 30.3 Å². The van der Waals surface area contributed by atoms with Gasteiger partial charge in [-0.3, -0.25) is 0 Å². The molecule has 0 aliphatic rings. The maximum absolute atomic E-state index is 10.1. The number of benzene rings is 1. The lowest BCUT2D eigenvalue weighted by Crippen LogP contribution is -2.30. The minimum atomic E-state index is -1.42. The van der Waals surface area contributed by atoms with Gasteiger partial charge in [-0.15, -0.1) is 0 Å². The Hall–Kier alpha value is -1.04. The van der Waals surface area contributed by atoms with Crippen LogP contribution in [0.4, 0.5) is 0 Å². The van der Waals surface area contributed by atoms with Gasteiger partial charge in [0.15, 0.2) is 0 Å². The van der Waals surface area contributed by atoms with Crippen molar-refractivity contribution in [2.45, 2.75) is 70.3 Å². The number of aliphatic hydroxyl groups excluding tert-OH is 1. The molecule has 1 aromatic carbocycles. The molecule has 1 rings (SSSR count). The lowest BCUT2D eigenvalue weighted by molar-refractivity contribution is 0.217. The SMILES string of the molecule is CCCCCCC(O)C#CC(c1ccccc1)[Si](C)(C)C. The minimum absolute atomic E-state index is 0.295. The molecule has 2 atom stereocenters. The maximum Gasteiger partial charge on any atom is 0.114 e. The molecule has 0 aromatic heterocycles. The fourth-order valence-corrected chi connectivity index (χ4v) is 4.17. The van der Waals surface area contributed by atoms with Gasteiger partial charge < -0.3 is 5.11 Å². The van der Waals surface area contributed by atoms with Crippen molar-refractivity contribution >= 4 is 8.07 Å². The first-order valence-electron chi connectivity index (χ1n) is 8.19. The molecule has 0 spiro atoms. The van der Waals surface area contributed by atoms with E-state index in [1.807, 2.05) is 6.07 Å². The minimum Gasteiger partial charge on any atom is -0.380 e. The summed E-state index contributed by atoms with van der Waals surface area (Å²) < 4.78 is 0. The lowest BCUT2D eigenvalue weighted by Gasteiger charge is -2.24. The van der Waals surface area contributed by atoms with Crippen molar-refractivity contribution in [3.63, 3.8) is 0 Å². The molecule has 0 aliphatic heterocycles. The third-order valence-electron chi connectivity index (χ3n) is 3.72. The Labute approximate surface area is 131 Å². The van der Waals surface area contributed by atoms with E-state index < -0.39 is 14.2 Å². The molecule has 0 bridgehead atoms. The monoisotopic (exact) mass is 302 g/mol. The molecule has 0 heterocycles. The molecule has 0 radical (unpaired) electrons. The van der Waals surface area contributed by atoms with Gasteiger partial charge in [0.1, 0.15) is 6.10 Å². The van der Waals surface area contributed by atoms with E-state index in [1.165, 1.54) is 24.8 Å². The Balaban J connectivity index is 2.69. The average Bonchev–Trinajstić information content (AvgIpc) is 2.43. The highest BCUT2D eigenvalue weighted by molar-refractivity contribution is 6.78. The molecule has 1 N–H and O–H groups in total. The van der Waals surface area contributed by atoms with Gasteiger partial charge in [0, 0.05) is 5.54 Å². The zero-order valence-electron chi connectivity index (χ0n) is 14.0. The third kappa shape index (κ3) is 6.97. The summed E-state index contributed by atoms with van der Waals surface area (Å²) in [6.07, 6.45) is 5.09. The third-order valence-corrected chi connectivity index (χ3v) is 5.93. The highest BCUT2D eigenvalue weighted by atomic mass is 28.3. The zero-order chi connectivity index (χ0) is 15.7. The highest BCUT2D eigenvalue weighted by Gasteiger charge is 2.26. The van der Waals surface area contributed by atoms with Crippen LogP contribution >= 0.6 is 0 Å². The summed E-state index contributed by atoms with van der Waals surface area (Å²) in [5.41, 5.74) is 1.59. The normalized spacial score (nSPS) is 14.1.